The standard InChI is InChI=1S/C12H14N2O3/c13-14-10-4-2-1-3-8(10)5-6-9(12(14)17)7-11(15)16/h1-4,9H,5-7,13H2,(H,15,16)/t9-/m0/s1. The van der Waals surface area contributed by atoms with Gasteiger partial charge in [0.2, 0.25) is 5.91 Å². The first-order valence-corrected chi connectivity index (χ1v) is 5.48. The first kappa shape index (κ1) is 11.6. The second-order valence-corrected chi connectivity index (χ2v) is 4.17. The van der Waals surface area contributed by atoms with Gasteiger partial charge in [-0.2, -0.15) is 0 Å². The van der Waals surface area contributed by atoms with Crippen molar-refractivity contribution in [2.45, 2.75) is 19.3 Å². The summed E-state index contributed by atoms with van der Waals surface area (Å²) in [5.41, 5.74) is 1.65. The molecule has 0 saturated carbocycles. The van der Waals surface area contributed by atoms with E-state index in [1.165, 1.54) is 0 Å². The van der Waals surface area contributed by atoms with Crippen molar-refractivity contribution in [1.82, 2.24) is 0 Å². The predicted molar refractivity (Wildman–Crippen MR) is 62.2 cm³/mol. The Kier molecular flexibility index (Phi) is 3.10. The number of carboxylic acid groups (broad SMARTS) is 1. The summed E-state index contributed by atoms with van der Waals surface area (Å²) in [6, 6.07) is 7.38. The van der Waals surface area contributed by atoms with Crippen LogP contribution in [0, 0.1) is 5.92 Å². The van der Waals surface area contributed by atoms with E-state index in [1.54, 1.807) is 6.07 Å². The maximum absolute atomic E-state index is 12.0. The predicted octanol–water partition coefficient (Wildman–Crippen LogP) is 0.930. The topological polar surface area (TPSA) is 83.6 Å². The summed E-state index contributed by atoms with van der Waals surface area (Å²) in [6.07, 6.45) is 1.03. The number of hydrazine groups is 1. The lowest BCUT2D eigenvalue weighted by Crippen LogP contribution is -2.41. The molecule has 5 heteroatoms. The number of nitrogens with two attached hydrogens (primary N) is 1. The minimum Gasteiger partial charge on any atom is -0.481 e. The van der Waals surface area contributed by atoms with Gasteiger partial charge in [0.1, 0.15) is 0 Å². The van der Waals surface area contributed by atoms with Gasteiger partial charge in [-0.3, -0.25) is 9.59 Å². The molecule has 0 fully saturated rings. The Balaban J connectivity index is 2.29. The van der Waals surface area contributed by atoms with Gasteiger partial charge in [0.25, 0.3) is 0 Å². The summed E-state index contributed by atoms with van der Waals surface area (Å²) < 4.78 is 0. The highest BCUT2D eigenvalue weighted by molar-refractivity contribution is 5.96. The number of amides is 1. The molecule has 1 atom stereocenters. The summed E-state index contributed by atoms with van der Waals surface area (Å²) in [5.74, 6) is 3.92. The molecule has 0 unspecified atom stereocenters. The number of para-hydroxylation sites is 1. The number of benzene rings is 1. The lowest BCUT2D eigenvalue weighted by Gasteiger charge is -2.19. The van der Waals surface area contributed by atoms with Crippen molar-refractivity contribution in [2.24, 2.45) is 11.8 Å². The highest BCUT2D eigenvalue weighted by atomic mass is 16.4. The van der Waals surface area contributed by atoms with E-state index in [0.717, 1.165) is 10.6 Å². The number of anilines is 1. The highest BCUT2D eigenvalue weighted by Crippen LogP contribution is 2.28. The number of carboxylic acids is 1. The molecule has 0 bridgehead atoms. The lowest BCUT2D eigenvalue weighted by atomic mass is 9.97. The summed E-state index contributed by atoms with van der Waals surface area (Å²) in [6.45, 7) is 0. The Morgan fingerprint density at radius 2 is 2.18 bits per heavy atom. The first-order valence-electron chi connectivity index (χ1n) is 5.48. The van der Waals surface area contributed by atoms with Crippen LogP contribution < -0.4 is 10.9 Å². The number of fused-ring (bicyclic) bond motifs is 1. The van der Waals surface area contributed by atoms with Crippen LogP contribution >= 0.6 is 0 Å². The van der Waals surface area contributed by atoms with Crippen LogP contribution in [0.5, 0.6) is 0 Å². The average Bonchev–Trinajstić information content (AvgIpc) is 2.42. The molecule has 1 aliphatic heterocycles. The van der Waals surface area contributed by atoms with E-state index in [9.17, 15) is 9.59 Å². The molecule has 0 spiro atoms. The van der Waals surface area contributed by atoms with Crippen molar-refractivity contribution >= 4 is 17.6 Å². The van der Waals surface area contributed by atoms with Crippen molar-refractivity contribution in [3.8, 4) is 0 Å². The highest BCUT2D eigenvalue weighted by Gasteiger charge is 2.29. The molecule has 1 aromatic rings. The molecule has 3 N–H and O–H groups in total. The SMILES string of the molecule is NN1C(=O)[C@H](CC(=O)O)CCc2ccccc21. The summed E-state index contributed by atoms with van der Waals surface area (Å²) >= 11 is 0. The quantitative estimate of drug-likeness (QED) is 0.589. The van der Waals surface area contributed by atoms with Crippen molar-refractivity contribution in [3.63, 3.8) is 0 Å². The normalized spacial score (nSPS) is 19.7. The van der Waals surface area contributed by atoms with Crippen LogP contribution in [0.25, 0.3) is 0 Å². The Morgan fingerprint density at radius 1 is 1.47 bits per heavy atom. The van der Waals surface area contributed by atoms with Crippen molar-refractivity contribution in [1.29, 1.82) is 0 Å². The molecule has 5 nitrogen and oxygen atoms in total. The number of aryl methyl sites for hydroxylation is 1. The minimum absolute atomic E-state index is 0.166. The molecule has 1 heterocycles. The molecule has 0 saturated heterocycles. The Labute approximate surface area is 98.8 Å². The fraction of sp³-hybridized carbons (Fsp3) is 0.333. The molecule has 1 amide bonds. The van der Waals surface area contributed by atoms with Gasteiger partial charge in [0.15, 0.2) is 0 Å². The van der Waals surface area contributed by atoms with Crippen LogP contribution in [0.4, 0.5) is 5.69 Å². The van der Waals surface area contributed by atoms with Crippen molar-refractivity contribution in [3.05, 3.63) is 29.8 Å². The molecule has 1 aromatic carbocycles. The molecule has 0 radical (unpaired) electrons. The zero-order valence-electron chi connectivity index (χ0n) is 9.30. The van der Waals surface area contributed by atoms with Crippen LogP contribution in [-0.2, 0) is 16.0 Å². The summed E-state index contributed by atoms with van der Waals surface area (Å²) in [7, 11) is 0. The fourth-order valence-corrected chi connectivity index (χ4v) is 2.13. The maximum Gasteiger partial charge on any atom is 0.304 e. The second-order valence-electron chi connectivity index (χ2n) is 4.17. The number of carbonyl (C=O) groups excluding carboxylic acids is 1. The smallest absolute Gasteiger partial charge is 0.304 e. The van der Waals surface area contributed by atoms with E-state index in [-0.39, 0.29) is 12.3 Å². The number of hydrogen-bond donors (Lipinski definition) is 2. The third kappa shape index (κ3) is 2.29. The molecule has 0 aliphatic carbocycles. The fourth-order valence-electron chi connectivity index (χ4n) is 2.13. The second kappa shape index (κ2) is 4.55. The van der Waals surface area contributed by atoms with E-state index < -0.39 is 11.9 Å². The van der Waals surface area contributed by atoms with Crippen LogP contribution in [0.2, 0.25) is 0 Å². The van der Waals surface area contributed by atoms with Crippen molar-refractivity contribution in [2.75, 3.05) is 5.01 Å². The lowest BCUT2D eigenvalue weighted by molar-refractivity contribution is -0.140. The first-order chi connectivity index (χ1) is 8.09. The molecule has 1 aliphatic rings. The minimum atomic E-state index is -0.970. The number of carbonyl (C=O) groups is 2. The summed E-state index contributed by atoms with van der Waals surface area (Å²) in [4.78, 5) is 22.7. The molecule has 17 heavy (non-hydrogen) atoms. The Hall–Kier alpha value is -1.88. The van der Waals surface area contributed by atoms with Gasteiger partial charge in [0.05, 0.1) is 18.0 Å². The maximum atomic E-state index is 12.0. The van der Waals surface area contributed by atoms with Crippen LogP contribution in [0.15, 0.2) is 24.3 Å². The van der Waals surface area contributed by atoms with E-state index in [0.29, 0.717) is 18.5 Å². The van der Waals surface area contributed by atoms with Crippen LogP contribution in [0.1, 0.15) is 18.4 Å². The molecule has 0 aromatic heterocycles. The largest absolute Gasteiger partial charge is 0.481 e. The van der Waals surface area contributed by atoms with Gasteiger partial charge in [-0.05, 0) is 24.5 Å². The third-order valence-electron chi connectivity index (χ3n) is 3.02. The Morgan fingerprint density at radius 3 is 2.88 bits per heavy atom. The van der Waals surface area contributed by atoms with Gasteiger partial charge in [-0.15, -0.1) is 0 Å². The van der Waals surface area contributed by atoms with Gasteiger partial charge in [-0.25, -0.2) is 10.9 Å². The Bertz CT molecular complexity index is 459. The molecule has 90 valence electrons. The average molecular weight is 234 g/mol. The molecular formula is C12H14N2O3. The van der Waals surface area contributed by atoms with Gasteiger partial charge < -0.3 is 5.11 Å². The zero-order valence-corrected chi connectivity index (χ0v) is 9.30. The van der Waals surface area contributed by atoms with Crippen LogP contribution in [-0.4, -0.2) is 17.0 Å². The van der Waals surface area contributed by atoms with E-state index in [2.05, 4.69) is 0 Å². The number of aliphatic carboxylic acids is 1. The molecular weight excluding hydrogens is 220 g/mol. The van der Waals surface area contributed by atoms with E-state index in [4.69, 9.17) is 10.9 Å². The monoisotopic (exact) mass is 234 g/mol. The van der Waals surface area contributed by atoms with Crippen LogP contribution in [0.3, 0.4) is 0 Å². The third-order valence-corrected chi connectivity index (χ3v) is 3.02. The summed E-state index contributed by atoms with van der Waals surface area (Å²) in [5, 5.41) is 9.85. The van der Waals surface area contributed by atoms with Gasteiger partial charge >= 0.3 is 5.97 Å². The zero-order chi connectivity index (χ0) is 12.4. The number of hydrogen-bond acceptors (Lipinski definition) is 3. The van der Waals surface area contributed by atoms with E-state index >= 15 is 0 Å². The number of nitrogens with zero attached hydrogens (tertiary/aromatic N) is 1. The van der Waals surface area contributed by atoms with Crippen molar-refractivity contribution < 1.29 is 14.7 Å². The molecule has 2 rings (SSSR count). The van der Waals surface area contributed by atoms with Gasteiger partial charge in [-0.1, -0.05) is 18.2 Å². The van der Waals surface area contributed by atoms with E-state index in [1.807, 2.05) is 18.2 Å². The number of rotatable bonds is 2. The van der Waals surface area contributed by atoms with Gasteiger partial charge in [0, 0.05) is 0 Å².